The number of aromatic nitrogens is 4. The van der Waals surface area contributed by atoms with E-state index in [9.17, 15) is 4.79 Å². The number of fused-ring (bicyclic) bond motifs is 1. The van der Waals surface area contributed by atoms with Crippen LogP contribution in [0.2, 0.25) is 0 Å². The molecule has 0 aliphatic rings. The highest BCUT2D eigenvalue weighted by Crippen LogP contribution is 2.25. The minimum Gasteiger partial charge on any atom is -0.436 e. The molecule has 5 rings (SSSR count). The van der Waals surface area contributed by atoms with E-state index in [4.69, 9.17) is 4.42 Å². The zero-order valence-corrected chi connectivity index (χ0v) is 16.1. The zero-order valence-electron chi connectivity index (χ0n) is 16.1. The van der Waals surface area contributed by atoms with Crippen molar-refractivity contribution in [3.63, 3.8) is 0 Å². The van der Waals surface area contributed by atoms with Crippen molar-refractivity contribution in [2.75, 3.05) is 5.32 Å². The van der Waals surface area contributed by atoms with E-state index in [0.717, 1.165) is 22.4 Å². The summed E-state index contributed by atoms with van der Waals surface area (Å²) in [7, 11) is 0. The molecule has 0 aliphatic heterocycles. The van der Waals surface area contributed by atoms with Crippen LogP contribution in [0.1, 0.15) is 16.2 Å². The predicted molar refractivity (Wildman–Crippen MR) is 113 cm³/mol. The molecule has 0 saturated carbocycles. The first kappa shape index (κ1) is 17.8. The molecular weight excluding hydrogens is 378 g/mol. The lowest BCUT2D eigenvalue weighted by Crippen LogP contribution is -2.14. The molecule has 2 heterocycles. The summed E-state index contributed by atoms with van der Waals surface area (Å²) in [6.07, 6.45) is 0. The van der Waals surface area contributed by atoms with Gasteiger partial charge in [0.1, 0.15) is 5.52 Å². The Hall–Kier alpha value is -4.26. The first-order chi connectivity index (χ1) is 14.7. The van der Waals surface area contributed by atoms with Gasteiger partial charge in [0.2, 0.25) is 5.89 Å². The van der Waals surface area contributed by atoms with Gasteiger partial charge in [-0.15, -0.1) is 5.10 Å². The molecule has 1 N–H and O–H groups in total. The largest absolute Gasteiger partial charge is 0.436 e. The molecule has 0 fully saturated rings. The van der Waals surface area contributed by atoms with Crippen LogP contribution < -0.4 is 5.32 Å². The van der Waals surface area contributed by atoms with E-state index in [1.54, 1.807) is 19.1 Å². The lowest BCUT2D eigenvalue weighted by Gasteiger charge is -2.04. The van der Waals surface area contributed by atoms with E-state index >= 15 is 0 Å². The number of hydrogen-bond acceptors (Lipinski definition) is 5. The molecule has 0 saturated heterocycles. The van der Waals surface area contributed by atoms with Gasteiger partial charge in [0.25, 0.3) is 5.91 Å². The molecule has 0 atom stereocenters. The second-order valence-corrected chi connectivity index (χ2v) is 6.78. The number of oxazole rings is 1. The number of aryl methyl sites for hydroxylation is 1. The van der Waals surface area contributed by atoms with Crippen LogP contribution in [-0.2, 0) is 0 Å². The number of benzene rings is 3. The van der Waals surface area contributed by atoms with Crippen molar-refractivity contribution in [2.45, 2.75) is 6.92 Å². The van der Waals surface area contributed by atoms with Crippen LogP contribution >= 0.6 is 0 Å². The Kier molecular flexibility index (Phi) is 4.33. The summed E-state index contributed by atoms with van der Waals surface area (Å²) in [5, 5.41) is 11.5. The van der Waals surface area contributed by atoms with Crippen LogP contribution in [0.15, 0.2) is 83.3 Å². The molecule has 0 radical (unpaired) electrons. The average molecular weight is 395 g/mol. The van der Waals surface area contributed by atoms with Crippen molar-refractivity contribution in [2.24, 2.45) is 0 Å². The summed E-state index contributed by atoms with van der Waals surface area (Å²) in [4.78, 5) is 18.6. The van der Waals surface area contributed by atoms with Gasteiger partial charge in [-0.3, -0.25) is 4.79 Å². The number of amides is 1. The van der Waals surface area contributed by atoms with Crippen LogP contribution in [0.5, 0.6) is 0 Å². The number of carbonyl (C=O) groups excluding carboxylic acids is 1. The Bertz CT molecular complexity index is 1300. The molecule has 0 bridgehead atoms. The van der Waals surface area contributed by atoms with Crippen LogP contribution in [0, 0.1) is 6.92 Å². The standard InChI is InChI=1S/C23H17N5O2/c1-15-21(27-28(26-15)18-7-3-2-4-8-18)22(29)24-17-13-11-16(12-14-17)23-25-19-9-5-6-10-20(19)30-23/h2-14H,1H3,(H,24,29). The summed E-state index contributed by atoms with van der Waals surface area (Å²) in [6.45, 7) is 1.76. The van der Waals surface area contributed by atoms with Gasteiger partial charge in [0.05, 0.1) is 11.4 Å². The molecule has 146 valence electrons. The normalized spacial score (nSPS) is 11.0. The van der Waals surface area contributed by atoms with E-state index in [1.807, 2.05) is 66.7 Å². The van der Waals surface area contributed by atoms with Crippen molar-refractivity contribution in [1.82, 2.24) is 20.0 Å². The third kappa shape index (κ3) is 3.33. The second kappa shape index (κ2) is 7.29. The Morgan fingerprint density at radius 2 is 1.63 bits per heavy atom. The molecule has 0 spiro atoms. The van der Waals surface area contributed by atoms with Gasteiger partial charge in [0.15, 0.2) is 11.3 Å². The number of carbonyl (C=O) groups is 1. The van der Waals surface area contributed by atoms with Gasteiger partial charge in [-0.25, -0.2) is 4.98 Å². The van der Waals surface area contributed by atoms with E-state index in [0.29, 0.717) is 17.3 Å². The predicted octanol–water partition coefficient (Wildman–Crippen LogP) is 4.64. The number of hydrogen-bond donors (Lipinski definition) is 1. The number of nitrogens with one attached hydrogen (secondary N) is 1. The molecule has 1 amide bonds. The second-order valence-electron chi connectivity index (χ2n) is 6.78. The van der Waals surface area contributed by atoms with E-state index in [1.165, 1.54) is 4.80 Å². The Morgan fingerprint density at radius 3 is 2.40 bits per heavy atom. The maximum Gasteiger partial charge on any atom is 0.278 e. The minimum atomic E-state index is -0.315. The maximum absolute atomic E-state index is 12.7. The van der Waals surface area contributed by atoms with Gasteiger partial charge < -0.3 is 9.73 Å². The number of nitrogens with zero attached hydrogens (tertiary/aromatic N) is 4. The molecule has 7 nitrogen and oxygen atoms in total. The monoisotopic (exact) mass is 395 g/mol. The summed E-state index contributed by atoms with van der Waals surface area (Å²) < 4.78 is 5.79. The smallest absolute Gasteiger partial charge is 0.278 e. The first-order valence-electron chi connectivity index (χ1n) is 9.44. The number of rotatable bonds is 4. The van der Waals surface area contributed by atoms with Gasteiger partial charge >= 0.3 is 0 Å². The molecule has 0 aliphatic carbocycles. The molecule has 30 heavy (non-hydrogen) atoms. The lowest BCUT2D eigenvalue weighted by atomic mass is 10.2. The first-order valence-corrected chi connectivity index (χ1v) is 9.44. The highest BCUT2D eigenvalue weighted by atomic mass is 16.3. The summed E-state index contributed by atoms with van der Waals surface area (Å²) in [5.41, 5.74) is 4.65. The molecular formula is C23H17N5O2. The fourth-order valence-corrected chi connectivity index (χ4v) is 3.15. The minimum absolute atomic E-state index is 0.280. The van der Waals surface area contributed by atoms with Crippen LogP contribution in [0.3, 0.4) is 0 Å². The highest BCUT2D eigenvalue weighted by molar-refractivity contribution is 6.03. The highest BCUT2D eigenvalue weighted by Gasteiger charge is 2.17. The third-order valence-corrected chi connectivity index (χ3v) is 4.67. The van der Waals surface area contributed by atoms with Crippen molar-refractivity contribution in [3.05, 3.63) is 90.3 Å². The Balaban J connectivity index is 1.35. The summed E-state index contributed by atoms with van der Waals surface area (Å²) in [5.74, 6) is 0.222. The average Bonchev–Trinajstić information content (AvgIpc) is 3.38. The fourth-order valence-electron chi connectivity index (χ4n) is 3.15. The SMILES string of the molecule is Cc1nn(-c2ccccc2)nc1C(=O)Nc1ccc(-c2nc3ccccc3o2)cc1. The van der Waals surface area contributed by atoms with Gasteiger partial charge in [0, 0.05) is 11.3 Å². The molecule has 0 unspecified atom stereocenters. The quantitative estimate of drug-likeness (QED) is 0.479. The van der Waals surface area contributed by atoms with Crippen molar-refractivity contribution in [1.29, 1.82) is 0 Å². The van der Waals surface area contributed by atoms with Gasteiger partial charge in [-0.2, -0.15) is 9.90 Å². The number of anilines is 1. The van der Waals surface area contributed by atoms with E-state index in [2.05, 4.69) is 20.5 Å². The Morgan fingerprint density at radius 1 is 0.900 bits per heavy atom. The van der Waals surface area contributed by atoms with Crippen LogP contribution in [0.4, 0.5) is 5.69 Å². The molecule has 3 aromatic carbocycles. The van der Waals surface area contributed by atoms with Crippen LogP contribution in [0.25, 0.3) is 28.2 Å². The molecule has 2 aromatic heterocycles. The van der Waals surface area contributed by atoms with Crippen molar-refractivity contribution in [3.8, 4) is 17.1 Å². The summed E-state index contributed by atoms with van der Waals surface area (Å²) >= 11 is 0. The Labute approximate surface area is 172 Å². The van der Waals surface area contributed by atoms with Gasteiger partial charge in [-0.05, 0) is 55.5 Å². The maximum atomic E-state index is 12.7. The van der Waals surface area contributed by atoms with Crippen LogP contribution in [-0.4, -0.2) is 25.9 Å². The molecule has 5 aromatic rings. The lowest BCUT2D eigenvalue weighted by molar-refractivity contribution is 0.102. The van der Waals surface area contributed by atoms with E-state index in [-0.39, 0.29) is 11.6 Å². The third-order valence-electron chi connectivity index (χ3n) is 4.67. The summed E-state index contributed by atoms with van der Waals surface area (Å²) in [6, 6.07) is 24.4. The fraction of sp³-hybridized carbons (Fsp3) is 0.0435. The van der Waals surface area contributed by atoms with Gasteiger partial charge in [-0.1, -0.05) is 30.3 Å². The van der Waals surface area contributed by atoms with Crippen molar-refractivity contribution < 1.29 is 9.21 Å². The topological polar surface area (TPSA) is 85.8 Å². The zero-order chi connectivity index (χ0) is 20.5. The molecule has 7 heteroatoms. The van der Waals surface area contributed by atoms with Crippen molar-refractivity contribution >= 4 is 22.7 Å². The van der Waals surface area contributed by atoms with E-state index < -0.39 is 0 Å². The number of para-hydroxylation sites is 3.